The average Bonchev–Trinajstić information content (AvgIpc) is 2.79. The van der Waals surface area contributed by atoms with Crippen LogP contribution >= 0.6 is 0 Å². The standard InChI is InChI=1S/C22H25FN2O6S/c1-15(21(26)24-18-7-3-6-17(23)13-18)31-22(27)16-5-4-12-25(14-16)32(28,29)20-10-8-19(30-2)9-11-20/h3,6-11,13,15-16H,4-5,12,14H2,1-2H3,(H,24,26). The van der Waals surface area contributed by atoms with Crippen LogP contribution in [0.2, 0.25) is 0 Å². The van der Waals surface area contributed by atoms with Gasteiger partial charge in [-0.2, -0.15) is 4.31 Å². The summed E-state index contributed by atoms with van der Waals surface area (Å²) in [7, 11) is -2.30. The van der Waals surface area contributed by atoms with Crippen LogP contribution in [0.15, 0.2) is 53.4 Å². The molecule has 1 fully saturated rings. The molecule has 1 N–H and O–H groups in total. The Kier molecular flexibility index (Phi) is 7.47. The van der Waals surface area contributed by atoms with Crippen molar-refractivity contribution in [2.24, 2.45) is 5.92 Å². The van der Waals surface area contributed by atoms with Crippen LogP contribution in [0, 0.1) is 11.7 Å². The molecule has 3 rings (SSSR count). The molecule has 0 aliphatic carbocycles. The van der Waals surface area contributed by atoms with Crippen molar-refractivity contribution < 1.29 is 31.9 Å². The van der Waals surface area contributed by atoms with Gasteiger partial charge in [-0.05, 0) is 62.2 Å². The molecule has 0 saturated carbocycles. The minimum absolute atomic E-state index is 0.0363. The molecule has 1 heterocycles. The van der Waals surface area contributed by atoms with Crippen LogP contribution < -0.4 is 10.1 Å². The highest BCUT2D eigenvalue weighted by Crippen LogP contribution is 2.26. The molecule has 1 aliphatic rings. The smallest absolute Gasteiger partial charge is 0.311 e. The number of ether oxygens (including phenoxy) is 2. The fourth-order valence-electron chi connectivity index (χ4n) is 3.38. The molecule has 0 bridgehead atoms. The monoisotopic (exact) mass is 464 g/mol. The lowest BCUT2D eigenvalue weighted by molar-refractivity contribution is -0.158. The normalized spacial score (nSPS) is 17.9. The van der Waals surface area contributed by atoms with E-state index in [2.05, 4.69) is 5.32 Å². The largest absolute Gasteiger partial charge is 0.497 e. The number of methoxy groups -OCH3 is 1. The van der Waals surface area contributed by atoms with E-state index in [0.29, 0.717) is 18.6 Å². The van der Waals surface area contributed by atoms with Gasteiger partial charge in [0.05, 0.1) is 17.9 Å². The summed E-state index contributed by atoms with van der Waals surface area (Å²) >= 11 is 0. The van der Waals surface area contributed by atoms with Crippen LogP contribution in [0.3, 0.4) is 0 Å². The maximum Gasteiger partial charge on any atom is 0.311 e. The quantitative estimate of drug-likeness (QED) is 0.633. The van der Waals surface area contributed by atoms with E-state index in [0.717, 1.165) is 6.07 Å². The van der Waals surface area contributed by atoms with Gasteiger partial charge in [-0.15, -0.1) is 0 Å². The molecule has 2 aromatic rings. The summed E-state index contributed by atoms with van der Waals surface area (Å²) in [4.78, 5) is 25.0. The second kappa shape index (κ2) is 10.1. The molecule has 0 spiro atoms. The number of hydrogen-bond donors (Lipinski definition) is 1. The van der Waals surface area contributed by atoms with Crippen molar-refractivity contribution in [1.82, 2.24) is 4.31 Å². The van der Waals surface area contributed by atoms with E-state index in [-0.39, 0.29) is 23.7 Å². The van der Waals surface area contributed by atoms with Crippen LogP contribution in [0.25, 0.3) is 0 Å². The fourth-order valence-corrected chi connectivity index (χ4v) is 4.91. The van der Waals surface area contributed by atoms with Gasteiger partial charge in [0.2, 0.25) is 10.0 Å². The van der Waals surface area contributed by atoms with Crippen LogP contribution in [0.5, 0.6) is 5.75 Å². The zero-order valence-corrected chi connectivity index (χ0v) is 18.6. The molecule has 32 heavy (non-hydrogen) atoms. The van der Waals surface area contributed by atoms with Crippen molar-refractivity contribution in [2.45, 2.75) is 30.8 Å². The second-order valence-corrected chi connectivity index (χ2v) is 9.39. The summed E-state index contributed by atoms with van der Waals surface area (Å²) in [5.41, 5.74) is 0.243. The second-order valence-electron chi connectivity index (χ2n) is 7.46. The molecule has 8 nitrogen and oxygen atoms in total. The van der Waals surface area contributed by atoms with Crippen molar-refractivity contribution in [3.8, 4) is 5.75 Å². The Morgan fingerprint density at radius 3 is 2.56 bits per heavy atom. The van der Waals surface area contributed by atoms with Gasteiger partial charge in [-0.25, -0.2) is 12.8 Å². The van der Waals surface area contributed by atoms with E-state index in [4.69, 9.17) is 9.47 Å². The van der Waals surface area contributed by atoms with E-state index in [1.165, 1.54) is 48.7 Å². The summed E-state index contributed by atoms with van der Waals surface area (Å²) in [6.07, 6.45) is -0.190. The number of halogens is 1. The average molecular weight is 465 g/mol. The van der Waals surface area contributed by atoms with E-state index in [1.807, 2.05) is 0 Å². The number of hydrogen-bond acceptors (Lipinski definition) is 6. The maximum atomic E-state index is 13.3. The number of benzene rings is 2. The van der Waals surface area contributed by atoms with Crippen molar-refractivity contribution in [2.75, 3.05) is 25.5 Å². The number of piperidine rings is 1. The number of carbonyl (C=O) groups excluding carboxylic acids is 2. The highest BCUT2D eigenvalue weighted by Gasteiger charge is 2.35. The number of amides is 1. The summed E-state index contributed by atoms with van der Waals surface area (Å²) in [5, 5.41) is 2.48. The summed E-state index contributed by atoms with van der Waals surface area (Å²) in [6.45, 7) is 1.65. The highest BCUT2D eigenvalue weighted by molar-refractivity contribution is 7.89. The maximum absolute atomic E-state index is 13.3. The minimum atomic E-state index is -3.79. The van der Waals surface area contributed by atoms with Gasteiger partial charge >= 0.3 is 5.97 Å². The van der Waals surface area contributed by atoms with Crippen LogP contribution in [0.1, 0.15) is 19.8 Å². The molecule has 0 aromatic heterocycles. The molecule has 1 amide bonds. The first-order valence-electron chi connectivity index (χ1n) is 10.1. The first-order valence-corrected chi connectivity index (χ1v) is 11.6. The van der Waals surface area contributed by atoms with Crippen LogP contribution in [0.4, 0.5) is 10.1 Å². The fraction of sp³-hybridized carbons (Fsp3) is 0.364. The minimum Gasteiger partial charge on any atom is -0.497 e. The third-order valence-electron chi connectivity index (χ3n) is 5.17. The number of nitrogens with zero attached hydrogens (tertiary/aromatic N) is 1. The lowest BCUT2D eigenvalue weighted by Gasteiger charge is -2.31. The molecule has 172 valence electrons. The molecule has 0 radical (unpaired) electrons. The lowest BCUT2D eigenvalue weighted by atomic mass is 10.00. The third kappa shape index (κ3) is 5.63. The summed E-state index contributed by atoms with van der Waals surface area (Å²) < 4.78 is 50.8. The third-order valence-corrected chi connectivity index (χ3v) is 7.05. The van der Waals surface area contributed by atoms with Crippen molar-refractivity contribution in [3.05, 3.63) is 54.3 Å². The highest BCUT2D eigenvalue weighted by atomic mass is 32.2. The van der Waals surface area contributed by atoms with Gasteiger partial charge in [-0.3, -0.25) is 9.59 Å². The number of nitrogens with one attached hydrogen (secondary N) is 1. The van der Waals surface area contributed by atoms with Gasteiger partial charge in [-0.1, -0.05) is 6.07 Å². The molecular formula is C22H25FN2O6S. The molecule has 2 aromatic carbocycles. The SMILES string of the molecule is COc1ccc(S(=O)(=O)N2CCCC(C(=O)OC(C)C(=O)Nc3cccc(F)c3)C2)cc1. The number of sulfonamides is 1. The Labute approximate surface area is 186 Å². The Morgan fingerprint density at radius 2 is 1.91 bits per heavy atom. The van der Waals surface area contributed by atoms with Gasteiger partial charge in [0.25, 0.3) is 5.91 Å². The van der Waals surface area contributed by atoms with E-state index in [1.54, 1.807) is 12.1 Å². The van der Waals surface area contributed by atoms with Crippen molar-refractivity contribution in [1.29, 1.82) is 0 Å². The van der Waals surface area contributed by atoms with Crippen molar-refractivity contribution >= 4 is 27.6 Å². The molecular weight excluding hydrogens is 439 g/mol. The van der Waals surface area contributed by atoms with E-state index >= 15 is 0 Å². The predicted molar refractivity (Wildman–Crippen MR) is 115 cm³/mol. The van der Waals surface area contributed by atoms with E-state index in [9.17, 15) is 22.4 Å². The molecule has 10 heteroatoms. The molecule has 2 unspecified atom stereocenters. The van der Waals surface area contributed by atoms with E-state index < -0.39 is 39.7 Å². The van der Waals surface area contributed by atoms with Crippen LogP contribution in [-0.4, -0.2) is 50.9 Å². The Balaban J connectivity index is 1.61. The lowest BCUT2D eigenvalue weighted by Crippen LogP contribution is -2.43. The topological polar surface area (TPSA) is 102 Å². The first kappa shape index (κ1) is 23.7. The number of carbonyl (C=O) groups is 2. The van der Waals surface area contributed by atoms with Gasteiger partial charge in [0.1, 0.15) is 11.6 Å². The first-order chi connectivity index (χ1) is 15.2. The zero-order chi connectivity index (χ0) is 23.3. The number of esters is 1. The van der Waals surface area contributed by atoms with Crippen LogP contribution in [-0.2, 0) is 24.3 Å². The Hall–Kier alpha value is -2.98. The Morgan fingerprint density at radius 1 is 1.19 bits per heavy atom. The Bertz CT molecular complexity index is 1070. The number of anilines is 1. The predicted octanol–water partition coefficient (Wildman–Crippen LogP) is 2.81. The van der Waals surface area contributed by atoms with Gasteiger partial charge < -0.3 is 14.8 Å². The van der Waals surface area contributed by atoms with Crippen molar-refractivity contribution in [3.63, 3.8) is 0 Å². The zero-order valence-electron chi connectivity index (χ0n) is 17.8. The van der Waals surface area contributed by atoms with Gasteiger partial charge in [0.15, 0.2) is 6.10 Å². The molecule has 2 atom stereocenters. The molecule has 1 saturated heterocycles. The molecule has 1 aliphatic heterocycles. The summed E-state index contributed by atoms with van der Waals surface area (Å²) in [6, 6.07) is 11.4. The summed E-state index contributed by atoms with van der Waals surface area (Å²) in [5.74, 6) is -1.92. The number of rotatable bonds is 7. The van der Waals surface area contributed by atoms with Gasteiger partial charge in [0, 0.05) is 18.8 Å².